The van der Waals surface area contributed by atoms with E-state index in [0.29, 0.717) is 30.7 Å². The van der Waals surface area contributed by atoms with Gasteiger partial charge >= 0.3 is 5.97 Å². The summed E-state index contributed by atoms with van der Waals surface area (Å²) in [7, 11) is 0. The highest BCUT2D eigenvalue weighted by Gasteiger charge is 2.41. The maximum absolute atomic E-state index is 15.4. The van der Waals surface area contributed by atoms with Crippen molar-refractivity contribution in [2.24, 2.45) is 11.3 Å². The average Bonchev–Trinajstić information content (AvgIpc) is 2.63. The number of hydrogen-bond donors (Lipinski definition) is 2. The van der Waals surface area contributed by atoms with Crippen LogP contribution in [-0.4, -0.2) is 39.9 Å². The van der Waals surface area contributed by atoms with E-state index in [-0.39, 0.29) is 22.9 Å². The van der Waals surface area contributed by atoms with E-state index in [0.717, 1.165) is 12.0 Å². The van der Waals surface area contributed by atoms with E-state index in [1.807, 2.05) is 37.2 Å². The minimum Gasteiger partial charge on any atom is -0.477 e. The normalized spacial score (nSPS) is 26.0. The monoisotopic (exact) mass is 402 g/mol. The van der Waals surface area contributed by atoms with Crippen LogP contribution in [0.2, 0.25) is 0 Å². The summed E-state index contributed by atoms with van der Waals surface area (Å²) in [5, 5.41) is 20.1. The summed E-state index contributed by atoms with van der Waals surface area (Å²) in [5.41, 5.74) is 0.485. The van der Waals surface area contributed by atoms with Crippen LogP contribution in [0.4, 0.5) is 10.1 Å². The molecular formula is C22H27FN2O4. The van der Waals surface area contributed by atoms with Gasteiger partial charge in [0.25, 0.3) is 0 Å². The van der Waals surface area contributed by atoms with Crippen molar-refractivity contribution in [3.8, 4) is 0 Å². The lowest BCUT2D eigenvalue weighted by molar-refractivity contribution is -0.00455. The topological polar surface area (TPSA) is 82.8 Å². The quantitative estimate of drug-likeness (QED) is 0.806. The molecule has 2 aliphatic rings. The highest BCUT2D eigenvalue weighted by molar-refractivity contribution is 5.95. The van der Waals surface area contributed by atoms with Crippen LogP contribution < -0.4 is 10.3 Å². The number of aryl methyl sites for hydroxylation is 1. The van der Waals surface area contributed by atoms with Gasteiger partial charge < -0.3 is 19.7 Å². The summed E-state index contributed by atoms with van der Waals surface area (Å²) in [4.78, 5) is 26.3. The largest absolute Gasteiger partial charge is 0.477 e. The number of carbonyl (C=O) groups is 1. The summed E-state index contributed by atoms with van der Waals surface area (Å²) in [6.07, 6.45) is 2.27. The smallest absolute Gasteiger partial charge is 0.341 e. The zero-order valence-corrected chi connectivity index (χ0v) is 17.2. The predicted molar refractivity (Wildman–Crippen MR) is 109 cm³/mol. The number of aliphatic hydroxyl groups excluding tert-OH is 1. The molecule has 6 nitrogen and oxygen atoms in total. The predicted octanol–water partition coefficient (Wildman–Crippen LogP) is 3.19. The summed E-state index contributed by atoms with van der Waals surface area (Å²) < 4.78 is 17.2. The minimum absolute atomic E-state index is 0.0144. The van der Waals surface area contributed by atoms with Gasteiger partial charge in [-0.25, -0.2) is 9.18 Å². The van der Waals surface area contributed by atoms with Gasteiger partial charge in [0.2, 0.25) is 5.43 Å². The molecule has 0 saturated carbocycles. The third-order valence-corrected chi connectivity index (χ3v) is 6.62. The molecule has 7 heteroatoms. The SMILES string of the molecule is CC1CN(c2c(F)cc3c(=O)c(C(=O)O)cn4c3c2CCC4C)CC(C)(C)[C@H]1O. The van der Waals surface area contributed by atoms with E-state index >= 15 is 4.39 Å². The first-order chi connectivity index (χ1) is 13.5. The second kappa shape index (κ2) is 6.55. The van der Waals surface area contributed by atoms with Gasteiger partial charge in [-0.05, 0) is 25.8 Å². The van der Waals surface area contributed by atoms with Gasteiger partial charge in [-0.2, -0.15) is 0 Å². The molecule has 0 aliphatic carbocycles. The molecule has 1 aromatic carbocycles. The molecule has 156 valence electrons. The number of piperidine rings is 1. The van der Waals surface area contributed by atoms with Gasteiger partial charge in [-0.1, -0.05) is 20.8 Å². The molecule has 2 aliphatic heterocycles. The van der Waals surface area contributed by atoms with Crippen molar-refractivity contribution in [2.75, 3.05) is 18.0 Å². The van der Waals surface area contributed by atoms with E-state index in [1.54, 1.807) is 0 Å². The van der Waals surface area contributed by atoms with Crippen LogP contribution in [0.15, 0.2) is 17.1 Å². The van der Waals surface area contributed by atoms with E-state index in [4.69, 9.17) is 0 Å². The first-order valence-electron chi connectivity index (χ1n) is 10.1. The van der Waals surface area contributed by atoms with Crippen molar-refractivity contribution in [2.45, 2.75) is 52.7 Å². The number of aromatic nitrogens is 1. The van der Waals surface area contributed by atoms with Crippen LogP contribution in [0.1, 0.15) is 56.1 Å². The van der Waals surface area contributed by atoms with E-state index in [9.17, 15) is 19.8 Å². The maximum Gasteiger partial charge on any atom is 0.341 e. The molecule has 1 aromatic heterocycles. The van der Waals surface area contributed by atoms with Crippen molar-refractivity contribution < 1.29 is 19.4 Å². The lowest BCUT2D eigenvalue weighted by atomic mass is 9.76. The Kier molecular flexibility index (Phi) is 4.49. The van der Waals surface area contributed by atoms with Crippen molar-refractivity contribution in [3.05, 3.63) is 39.4 Å². The van der Waals surface area contributed by atoms with Crippen molar-refractivity contribution in [1.82, 2.24) is 4.57 Å². The van der Waals surface area contributed by atoms with E-state index in [2.05, 4.69) is 0 Å². The molecule has 2 aromatic rings. The number of aromatic carboxylic acids is 1. The minimum atomic E-state index is -1.30. The summed E-state index contributed by atoms with van der Waals surface area (Å²) >= 11 is 0. The van der Waals surface area contributed by atoms with Crippen LogP contribution >= 0.6 is 0 Å². The van der Waals surface area contributed by atoms with Gasteiger partial charge in [0.1, 0.15) is 11.4 Å². The van der Waals surface area contributed by atoms with Crippen LogP contribution in [0.5, 0.6) is 0 Å². The number of nitrogens with zero attached hydrogens (tertiary/aromatic N) is 2. The molecule has 2 unspecified atom stereocenters. The zero-order chi connectivity index (χ0) is 21.2. The maximum atomic E-state index is 15.4. The number of hydrogen-bond acceptors (Lipinski definition) is 4. The fourth-order valence-electron chi connectivity index (χ4n) is 5.17. The summed E-state index contributed by atoms with van der Waals surface area (Å²) in [5.74, 6) is -1.84. The number of pyridine rings is 1. The van der Waals surface area contributed by atoms with Crippen LogP contribution in [0.3, 0.4) is 0 Å². The van der Waals surface area contributed by atoms with Crippen molar-refractivity contribution in [3.63, 3.8) is 0 Å². The number of halogens is 1. The number of rotatable bonds is 2. The molecule has 3 heterocycles. The standard InChI is InChI=1S/C22H27FN2O4/c1-11-8-24(10-22(3,4)20(11)27)18-13-6-5-12(2)25-9-15(21(28)29)19(26)14(17(13)25)7-16(18)23/h7,9,11-12,20,27H,5-6,8,10H2,1-4H3,(H,28,29)/t11?,12?,20-/m0/s1. The number of carboxylic acid groups (broad SMARTS) is 1. The lowest BCUT2D eigenvalue weighted by Gasteiger charge is -2.47. The van der Waals surface area contributed by atoms with E-state index in [1.165, 1.54) is 12.3 Å². The molecule has 2 N–H and O–H groups in total. The van der Waals surface area contributed by atoms with E-state index < -0.39 is 28.7 Å². The Morgan fingerprint density at radius 1 is 1.31 bits per heavy atom. The first-order valence-corrected chi connectivity index (χ1v) is 10.1. The second-order valence-electron chi connectivity index (χ2n) is 9.34. The number of carboxylic acids is 1. The molecule has 0 amide bonds. The fourth-order valence-corrected chi connectivity index (χ4v) is 5.17. The molecule has 1 fully saturated rings. The summed E-state index contributed by atoms with van der Waals surface area (Å²) in [6, 6.07) is 1.21. The molecular weight excluding hydrogens is 375 g/mol. The number of anilines is 1. The third-order valence-electron chi connectivity index (χ3n) is 6.62. The Labute approximate surface area is 168 Å². The second-order valence-corrected chi connectivity index (χ2v) is 9.34. The first kappa shape index (κ1) is 19.9. The molecule has 4 rings (SSSR count). The van der Waals surface area contributed by atoms with Crippen LogP contribution in [0, 0.1) is 17.2 Å². The Morgan fingerprint density at radius 2 is 2.00 bits per heavy atom. The van der Waals surface area contributed by atoms with Crippen molar-refractivity contribution >= 4 is 22.6 Å². The summed E-state index contributed by atoms with van der Waals surface area (Å²) in [6.45, 7) is 8.90. The number of aliphatic hydroxyl groups is 1. The molecule has 1 saturated heterocycles. The highest BCUT2D eigenvalue weighted by Crippen LogP contribution is 2.42. The van der Waals surface area contributed by atoms with Gasteiger partial charge in [-0.3, -0.25) is 4.79 Å². The van der Waals surface area contributed by atoms with Crippen molar-refractivity contribution in [1.29, 1.82) is 0 Å². The zero-order valence-electron chi connectivity index (χ0n) is 17.2. The Hall–Kier alpha value is -2.41. The molecule has 0 radical (unpaired) electrons. The fraction of sp³-hybridized carbons (Fsp3) is 0.545. The van der Waals surface area contributed by atoms with Gasteiger partial charge in [0.05, 0.1) is 17.3 Å². The Bertz CT molecular complexity index is 1070. The Balaban J connectivity index is 1.99. The van der Waals surface area contributed by atoms with Gasteiger partial charge in [-0.15, -0.1) is 0 Å². The average molecular weight is 402 g/mol. The van der Waals surface area contributed by atoms with Gasteiger partial charge in [0, 0.05) is 47.6 Å². The molecule has 0 spiro atoms. The molecule has 0 bridgehead atoms. The van der Waals surface area contributed by atoms with Crippen LogP contribution in [0.25, 0.3) is 10.9 Å². The number of benzene rings is 1. The molecule has 29 heavy (non-hydrogen) atoms. The lowest BCUT2D eigenvalue weighted by Crippen LogP contribution is -2.53. The Morgan fingerprint density at radius 3 is 2.62 bits per heavy atom. The third kappa shape index (κ3) is 2.94. The highest BCUT2D eigenvalue weighted by atomic mass is 19.1. The molecule has 3 atom stereocenters. The van der Waals surface area contributed by atoms with Gasteiger partial charge in [0.15, 0.2) is 0 Å². The van der Waals surface area contributed by atoms with Crippen LogP contribution in [-0.2, 0) is 6.42 Å².